The zero-order chi connectivity index (χ0) is 12.4. The fraction of sp³-hybridized carbons (Fsp3) is 0. The van der Waals surface area contributed by atoms with Gasteiger partial charge >= 0.3 is 0 Å². The van der Waals surface area contributed by atoms with Gasteiger partial charge in [0.2, 0.25) is 0 Å². The highest BCUT2D eigenvalue weighted by atomic mass is 79.9. The third kappa shape index (κ3) is 2.65. The van der Waals surface area contributed by atoms with Gasteiger partial charge in [-0.15, -0.1) is 0 Å². The molecule has 0 aliphatic carbocycles. The summed E-state index contributed by atoms with van der Waals surface area (Å²) in [5.41, 5.74) is 0.670. The minimum absolute atomic E-state index is 0.00363. The Bertz CT molecular complexity index is 617. The van der Waals surface area contributed by atoms with Crippen molar-refractivity contribution in [2.75, 3.05) is 5.32 Å². The van der Waals surface area contributed by atoms with Crippen LogP contribution in [0.4, 0.5) is 15.8 Å². The van der Waals surface area contributed by atoms with Crippen LogP contribution in [0.1, 0.15) is 0 Å². The van der Waals surface area contributed by atoms with E-state index in [0.717, 1.165) is 0 Å². The molecule has 0 saturated heterocycles. The monoisotopic (exact) mass is 317 g/mol. The average molecular weight is 319 g/mol. The first kappa shape index (κ1) is 12.1. The lowest BCUT2D eigenvalue weighted by Gasteiger charge is -2.07. The third-order valence-electron chi connectivity index (χ3n) is 1.99. The second-order valence-corrected chi connectivity index (χ2v) is 4.38. The number of H-pyrrole nitrogens is 1. The quantitative estimate of drug-likeness (QED) is 0.894. The summed E-state index contributed by atoms with van der Waals surface area (Å²) in [5, 5.41) is 8.82. The van der Waals surface area contributed by atoms with Crippen LogP contribution in [0.5, 0.6) is 0 Å². The second kappa shape index (κ2) is 4.85. The lowest BCUT2D eigenvalue weighted by atomic mass is 10.3. The molecule has 0 saturated carbocycles. The molecule has 0 aliphatic rings. The Morgan fingerprint density at radius 3 is 2.94 bits per heavy atom. The van der Waals surface area contributed by atoms with E-state index in [1.165, 1.54) is 24.4 Å². The molecule has 0 fully saturated rings. The van der Waals surface area contributed by atoms with Gasteiger partial charge in [-0.25, -0.2) is 9.49 Å². The van der Waals surface area contributed by atoms with Crippen LogP contribution in [0, 0.1) is 5.82 Å². The molecule has 4 nitrogen and oxygen atoms in total. The number of nitrogens with zero attached hydrogens (tertiary/aromatic N) is 1. The number of aromatic amines is 1. The van der Waals surface area contributed by atoms with E-state index in [2.05, 4.69) is 31.4 Å². The van der Waals surface area contributed by atoms with Crippen molar-refractivity contribution >= 4 is 38.9 Å². The maximum absolute atomic E-state index is 12.9. The van der Waals surface area contributed by atoms with Gasteiger partial charge in [-0.3, -0.25) is 4.79 Å². The zero-order valence-electron chi connectivity index (χ0n) is 8.30. The van der Waals surface area contributed by atoms with Crippen LogP contribution in [0.3, 0.4) is 0 Å². The van der Waals surface area contributed by atoms with Crippen LogP contribution < -0.4 is 10.9 Å². The van der Waals surface area contributed by atoms with Gasteiger partial charge in [-0.05, 0) is 34.1 Å². The number of benzene rings is 1. The van der Waals surface area contributed by atoms with Crippen molar-refractivity contribution in [2.24, 2.45) is 0 Å². The number of aromatic nitrogens is 2. The van der Waals surface area contributed by atoms with Gasteiger partial charge in [0.1, 0.15) is 10.3 Å². The number of anilines is 2. The molecule has 2 rings (SSSR count). The molecule has 0 unspecified atom stereocenters. The van der Waals surface area contributed by atoms with E-state index in [0.29, 0.717) is 15.8 Å². The Morgan fingerprint density at radius 2 is 2.24 bits per heavy atom. The molecule has 88 valence electrons. The van der Waals surface area contributed by atoms with Crippen molar-refractivity contribution in [1.82, 2.24) is 10.2 Å². The summed E-state index contributed by atoms with van der Waals surface area (Å²) in [4.78, 5) is 11.3. The summed E-state index contributed by atoms with van der Waals surface area (Å²) in [6, 6.07) is 4.17. The number of nitrogens with one attached hydrogen (secondary N) is 2. The van der Waals surface area contributed by atoms with Crippen LogP contribution in [0.25, 0.3) is 0 Å². The molecule has 0 spiro atoms. The van der Waals surface area contributed by atoms with E-state index in [-0.39, 0.29) is 10.6 Å². The summed E-state index contributed by atoms with van der Waals surface area (Å²) in [6.07, 6.45) is 1.43. The first-order valence-corrected chi connectivity index (χ1v) is 5.70. The van der Waals surface area contributed by atoms with Crippen molar-refractivity contribution in [1.29, 1.82) is 0 Å². The highest BCUT2D eigenvalue weighted by Gasteiger charge is 2.06. The predicted octanol–water partition coefficient (Wildman–Crippen LogP) is 3.07. The van der Waals surface area contributed by atoms with Crippen LogP contribution >= 0.6 is 27.5 Å². The van der Waals surface area contributed by atoms with Crippen molar-refractivity contribution < 1.29 is 4.39 Å². The van der Waals surface area contributed by atoms with Gasteiger partial charge < -0.3 is 5.32 Å². The Labute approximate surface area is 109 Å². The van der Waals surface area contributed by atoms with Gasteiger partial charge in [0.25, 0.3) is 5.56 Å². The summed E-state index contributed by atoms with van der Waals surface area (Å²) in [7, 11) is 0. The minimum Gasteiger partial charge on any atom is -0.353 e. The average Bonchev–Trinajstić information content (AvgIpc) is 2.30. The maximum Gasteiger partial charge on any atom is 0.280 e. The van der Waals surface area contributed by atoms with E-state index in [4.69, 9.17) is 11.6 Å². The van der Waals surface area contributed by atoms with E-state index in [9.17, 15) is 9.18 Å². The molecule has 0 aliphatic heterocycles. The lowest BCUT2D eigenvalue weighted by molar-refractivity contribution is 0.628. The Kier molecular flexibility index (Phi) is 3.44. The van der Waals surface area contributed by atoms with Crippen molar-refractivity contribution in [3.05, 3.63) is 50.1 Å². The normalized spacial score (nSPS) is 10.3. The first-order valence-electron chi connectivity index (χ1n) is 4.53. The van der Waals surface area contributed by atoms with E-state index >= 15 is 0 Å². The maximum atomic E-state index is 12.9. The molecule has 1 aromatic heterocycles. The van der Waals surface area contributed by atoms with Gasteiger partial charge in [0.05, 0.1) is 16.9 Å². The molecule has 0 radical (unpaired) electrons. The molecule has 1 heterocycles. The molecular weight excluding hydrogens is 312 g/mol. The summed E-state index contributed by atoms with van der Waals surface area (Å²) in [5.74, 6) is -0.500. The molecule has 0 atom stereocenters. The highest BCUT2D eigenvalue weighted by molar-refractivity contribution is 9.10. The zero-order valence-corrected chi connectivity index (χ0v) is 10.6. The summed E-state index contributed by atoms with van der Waals surface area (Å²) >= 11 is 8.76. The Balaban J connectivity index is 2.35. The lowest BCUT2D eigenvalue weighted by Crippen LogP contribution is -2.10. The fourth-order valence-corrected chi connectivity index (χ4v) is 1.67. The second-order valence-electron chi connectivity index (χ2n) is 3.18. The number of hydrogen-bond acceptors (Lipinski definition) is 3. The molecule has 17 heavy (non-hydrogen) atoms. The SMILES string of the molecule is O=c1[nH]ncc(Nc2ccc(F)c(Cl)c2)c1Br. The molecule has 0 amide bonds. The minimum atomic E-state index is -0.500. The molecule has 2 aromatic rings. The third-order valence-corrected chi connectivity index (χ3v) is 3.07. The molecule has 2 N–H and O–H groups in total. The fourth-order valence-electron chi connectivity index (χ4n) is 1.20. The predicted molar refractivity (Wildman–Crippen MR) is 67.3 cm³/mol. The Hall–Kier alpha value is -1.40. The topological polar surface area (TPSA) is 57.8 Å². The van der Waals surface area contributed by atoms with Crippen LogP contribution in [0.15, 0.2) is 33.7 Å². The smallest absolute Gasteiger partial charge is 0.280 e. The molecule has 1 aromatic carbocycles. The summed E-state index contributed by atoms with van der Waals surface area (Å²) < 4.78 is 13.3. The molecular formula is C10H6BrClFN3O. The first-order chi connectivity index (χ1) is 8.08. The number of halogens is 3. The highest BCUT2D eigenvalue weighted by Crippen LogP contribution is 2.24. The van der Waals surface area contributed by atoms with Crippen LogP contribution in [0.2, 0.25) is 5.02 Å². The molecule has 7 heteroatoms. The van der Waals surface area contributed by atoms with Crippen molar-refractivity contribution in [3.8, 4) is 0 Å². The molecule has 0 bridgehead atoms. The van der Waals surface area contributed by atoms with E-state index < -0.39 is 5.82 Å². The van der Waals surface area contributed by atoms with Gasteiger partial charge in [0, 0.05) is 5.69 Å². The van der Waals surface area contributed by atoms with E-state index in [1.54, 1.807) is 0 Å². The van der Waals surface area contributed by atoms with Crippen LogP contribution in [-0.4, -0.2) is 10.2 Å². The van der Waals surface area contributed by atoms with Gasteiger partial charge in [-0.1, -0.05) is 11.6 Å². The van der Waals surface area contributed by atoms with E-state index in [1.807, 2.05) is 0 Å². The van der Waals surface area contributed by atoms with Crippen molar-refractivity contribution in [2.45, 2.75) is 0 Å². The standard InChI is InChI=1S/C10H6BrClFN3O/c11-9-8(4-14-16-10(9)17)15-5-1-2-7(13)6(12)3-5/h1-4H,(H2,15,16,17). The number of hydrogen-bond donors (Lipinski definition) is 2. The Morgan fingerprint density at radius 1 is 1.47 bits per heavy atom. The van der Waals surface area contributed by atoms with Crippen LogP contribution in [-0.2, 0) is 0 Å². The van der Waals surface area contributed by atoms with Crippen molar-refractivity contribution in [3.63, 3.8) is 0 Å². The summed E-state index contributed by atoms with van der Waals surface area (Å²) in [6.45, 7) is 0. The largest absolute Gasteiger partial charge is 0.353 e. The van der Waals surface area contributed by atoms with Gasteiger partial charge in [0.15, 0.2) is 0 Å². The number of rotatable bonds is 2. The van der Waals surface area contributed by atoms with Gasteiger partial charge in [-0.2, -0.15) is 5.10 Å².